The lowest BCUT2D eigenvalue weighted by Crippen LogP contribution is -2.41. The number of amides is 1. The molecule has 0 saturated carbocycles. The molecule has 0 unspecified atom stereocenters. The third-order valence-electron chi connectivity index (χ3n) is 5.92. The van der Waals surface area contributed by atoms with E-state index < -0.39 is 0 Å². The van der Waals surface area contributed by atoms with Crippen molar-refractivity contribution < 1.29 is 9.53 Å². The minimum atomic E-state index is 0.0113. The Hall–Kier alpha value is -3.48. The van der Waals surface area contributed by atoms with Crippen LogP contribution >= 0.6 is 0 Å². The van der Waals surface area contributed by atoms with Gasteiger partial charge in [-0.2, -0.15) is 0 Å². The minimum Gasteiger partial charge on any atom is -0.483 e. The average Bonchev–Trinajstić information content (AvgIpc) is 2.79. The Morgan fingerprint density at radius 1 is 1.12 bits per heavy atom. The Kier molecular flexibility index (Phi) is 6.35. The largest absolute Gasteiger partial charge is 0.483 e. The zero-order valence-corrected chi connectivity index (χ0v) is 18.8. The SMILES string of the molecule is Cc1cc(-c2cnc(N)nc2)cc([C@@H]2CCCN(C(=O)COc3c(C)cccc3C)C2)n1. The molecule has 0 radical (unpaired) electrons. The Morgan fingerprint density at radius 3 is 2.56 bits per heavy atom. The predicted molar refractivity (Wildman–Crippen MR) is 124 cm³/mol. The molecule has 7 heteroatoms. The van der Waals surface area contributed by atoms with Crippen molar-refractivity contribution in [3.05, 3.63) is 65.2 Å². The Morgan fingerprint density at radius 2 is 1.84 bits per heavy atom. The molecule has 7 nitrogen and oxygen atoms in total. The summed E-state index contributed by atoms with van der Waals surface area (Å²) in [6.07, 6.45) is 5.39. The van der Waals surface area contributed by atoms with Gasteiger partial charge in [0.2, 0.25) is 5.95 Å². The fourth-order valence-electron chi connectivity index (χ4n) is 4.25. The lowest BCUT2D eigenvalue weighted by atomic mass is 9.92. The van der Waals surface area contributed by atoms with E-state index in [-0.39, 0.29) is 24.4 Å². The lowest BCUT2D eigenvalue weighted by molar-refractivity contribution is -0.134. The van der Waals surface area contributed by atoms with E-state index in [1.807, 2.05) is 49.9 Å². The number of nitrogens with zero attached hydrogens (tertiary/aromatic N) is 4. The molecular weight excluding hydrogens is 402 g/mol. The van der Waals surface area contributed by atoms with Crippen LogP contribution in [0.4, 0.5) is 5.95 Å². The van der Waals surface area contributed by atoms with Crippen LogP contribution < -0.4 is 10.5 Å². The van der Waals surface area contributed by atoms with Crippen molar-refractivity contribution in [2.24, 2.45) is 0 Å². The third kappa shape index (κ3) is 4.88. The van der Waals surface area contributed by atoms with Crippen LogP contribution in [0.25, 0.3) is 11.1 Å². The van der Waals surface area contributed by atoms with Gasteiger partial charge in [0.05, 0.1) is 0 Å². The first-order valence-corrected chi connectivity index (χ1v) is 10.9. The summed E-state index contributed by atoms with van der Waals surface area (Å²) >= 11 is 0. The van der Waals surface area contributed by atoms with Gasteiger partial charge in [0.25, 0.3) is 5.91 Å². The summed E-state index contributed by atoms with van der Waals surface area (Å²) in [5.74, 6) is 1.24. The number of carbonyl (C=O) groups is 1. The van der Waals surface area contributed by atoms with Gasteiger partial charge in [-0.05, 0) is 62.4 Å². The van der Waals surface area contributed by atoms with Gasteiger partial charge >= 0.3 is 0 Å². The highest BCUT2D eigenvalue weighted by atomic mass is 16.5. The maximum absolute atomic E-state index is 12.9. The first-order chi connectivity index (χ1) is 15.4. The highest BCUT2D eigenvalue weighted by Crippen LogP contribution is 2.30. The Bertz CT molecular complexity index is 1090. The Labute approximate surface area is 188 Å². The van der Waals surface area contributed by atoms with E-state index >= 15 is 0 Å². The fourth-order valence-corrected chi connectivity index (χ4v) is 4.25. The molecule has 1 amide bonds. The molecule has 1 saturated heterocycles. The van der Waals surface area contributed by atoms with Gasteiger partial charge in [-0.3, -0.25) is 9.78 Å². The van der Waals surface area contributed by atoms with Gasteiger partial charge in [-0.15, -0.1) is 0 Å². The number of hydrogen-bond acceptors (Lipinski definition) is 6. The molecule has 3 aromatic rings. The summed E-state index contributed by atoms with van der Waals surface area (Å²) in [7, 11) is 0. The summed E-state index contributed by atoms with van der Waals surface area (Å²) in [6.45, 7) is 7.41. The van der Waals surface area contributed by atoms with Gasteiger partial charge in [0, 0.05) is 48.4 Å². The summed E-state index contributed by atoms with van der Waals surface area (Å²) in [5.41, 5.74) is 11.5. The van der Waals surface area contributed by atoms with Gasteiger partial charge in [-0.25, -0.2) is 9.97 Å². The number of likely N-dealkylation sites (tertiary alicyclic amines) is 1. The lowest BCUT2D eigenvalue weighted by Gasteiger charge is -2.33. The number of rotatable bonds is 5. The number of piperidine rings is 1. The van der Waals surface area contributed by atoms with Crippen LogP contribution in [-0.4, -0.2) is 45.5 Å². The summed E-state index contributed by atoms with van der Waals surface area (Å²) in [6, 6.07) is 10.1. The highest BCUT2D eigenvalue weighted by Gasteiger charge is 2.26. The average molecular weight is 432 g/mol. The van der Waals surface area contributed by atoms with Crippen LogP contribution in [0.3, 0.4) is 0 Å². The van der Waals surface area contributed by atoms with E-state index in [4.69, 9.17) is 15.5 Å². The normalized spacial score (nSPS) is 16.1. The molecule has 2 aromatic heterocycles. The van der Waals surface area contributed by atoms with E-state index in [2.05, 4.69) is 16.0 Å². The molecular formula is C25H29N5O2. The van der Waals surface area contributed by atoms with Crippen molar-refractivity contribution in [1.82, 2.24) is 19.9 Å². The highest BCUT2D eigenvalue weighted by molar-refractivity contribution is 5.78. The molecule has 1 fully saturated rings. The predicted octanol–water partition coefficient (Wildman–Crippen LogP) is 3.83. The molecule has 32 heavy (non-hydrogen) atoms. The second kappa shape index (κ2) is 9.34. The monoisotopic (exact) mass is 431 g/mol. The maximum Gasteiger partial charge on any atom is 0.260 e. The van der Waals surface area contributed by atoms with Crippen LogP contribution in [0.2, 0.25) is 0 Å². The number of benzene rings is 1. The van der Waals surface area contributed by atoms with Crippen molar-refractivity contribution in [1.29, 1.82) is 0 Å². The van der Waals surface area contributed by atoms with E-state index in [1.54, 1.807) is 12.4 Å². The van der Waals surface area contributed by atoms with Crippen LogP contribution in [0, 0.1) is 20.8 Å². The number of nitrogen functional groups attached to an aromatic ring is 1. The molecule has 4 rings (SSSR count). The number of para-hydroxylation sites is 1. The van der Waals surface area contributed by atoms with Crippen LogP contribution in [0.15, 0.2) is 42.7 Å². The van der Waals surface area contributed by atoms with Crippen molar-refractivity contribution in [3.63, 3.8) is 0 Å². The van der Waals surface area contributed by atoms with Crippen molar-refractivity contribution >= 4 is 11.9 Å². The van der Waals surface area contributed by atoms with Gasteiger partial charge in [0.1, 0.15) is 5.75 Å². The van der Waals surface area contributed by atoms with E-state index in [9.17, 15) is 4.79 Å². The summed E-state index contributed by atoms with van der Waals surface area (Å²) in [4.78, 5) is 27.8. The zero-order chi connectivity index (χ0) is 22.7. The van der Waals surface area contributed by atoms with E-state index in [0.29, 0.717) is 6.54 Å². The van der Waals surface area contributed by atoms with Gasteiger partial charge in [0.15, 0.2) is 6.61 Å². The van der Waals surface area contributed by atoms with Gasteiger partial charge in [-0.1, -0.05) is 18.2 Å². The number of anilines is 1. The molecule has 3 heterocycles. The van der Waals surface area contributed by atoms with E-state index in [1.165, 1.54) is 0 Å². The first kappa shape index (κ1) is 21.7. The molecule has 0 spiro atoms. The second-order valence-corrected chi connectivity index (χ2v) is 8.44. The first-order valence-electron chi connectivity index (χ1n) is 10.9. The van der Waals surface area contributed by atoms with Gasteiger partial charge < -0.3 is 15.4 Å². The molecule has 0 bridgehead atoms. The van der Waals surface area contributed by atoms with Crippen LogP contribution in [0.1, 0.15) is 41.3 Å². The number of pyridine rings is 1. The molecule has 1 atom stereocenters. The Balaban J connectivity index is 1.46. The fraction of sp³-hybridized carbons (Fsp3) is 0.360. The molecule has 1 aromatic carbocycles. The molecule has 2 N–H and O–H groups in total. The van der Waals surface area contributed by atoms with Crippen molar-refractivity contribution in [2.75, 3.05) is 25.4 Å². The van der Waals surface area contributed by atoms with Crippen molar-refractivity contribution in [3.8, 4) is 16.9 Å². The standard InChI is InChI=1S/C25H29N5O2/c1-16-6-4-7-17(2)24(16)32-15-23(31)30-9-5-8-19(14-30)22-11-20(10-18(3)29-22)21-12-27-25(26)28-13-21/h4,6-7,10-13,19H,5,8-9,14-15H2,1-3H3,(H2,26,27,28)/t19-/m1/s1. The summed E-state index contributed by atoms with van der Waals surface area (Å²) in [5, 5.41) is 0. The van der Waals surface area contributed by atoms with Crippen molar-refractivity contribution in [2.45, 2.75) is 39.5 Å². The minimum absolute atomic E-state index is 0.0113. The maximum atomic E-state index is 12.9. The molecule has 1 aliphatic heterocycles. The van der Waals surface area contributed by atoms with E-state index in [0.717, 1.165) is 58.8 Å². The number of hydrogen-bond donors (Lipinski definition) is 1. The molecule has 0 aliphatic carbocycles. The second-order valence-electron chi connectivity index (χ2n) is 8.44. The number of aryl methyl sites for hydroxylation is 3. The number of aromatic nitrogens is 3. The number of carbonyl (C=O) groups excluding carboxylic acids is 1. The molecule has 1 aliphatic rings. The summed E-state index contributed by atoms with van der Waals surface area (Å²) < 4.78 is 5.90. The third-order valence-corrected chi connectivity index (χ3v) is 5.92. The number of nitrogens with two attached hydrogens (primary N) is 1. The number of ether oxygens (including phenoxy) is 1. The van der Waals surface area contributed by atoms with Crippen LogP contribution in [0.5, 0.6) is 5.75 Å². The van der Waals surface area contributed by atoms with Crippen LogP contribution in [-0.2, 0) is 4.79 Å². The topological polar surface area (TPSA) is 94.2 Å². The molecule has 166 valence electrons. The smallest absolute Gasteiger partial charge is 0.260 e. The zero-order valence-electron chi connectivity index (χ0n) is 18.8. The quantitative estimate of drug-likeness (QED) is 0.660.